The summed E-state index contributed by atoms with van der Waals surface area (Å²) in [6, 6.07) is 6.18. The Hall–Kier alpha value is -0.250. The molecule has 0 spiro atoms. The van der Waals surface area contributed by atoms with Crippen molar-refractivity contribution in [2.24, 2.45) is 0 Å². The van der Waals surface area contributed by atoms with Gasteiger partial charge in [-0.15, -0.1) is 0 Å². The Morgan fingerprint density at radius 2 is 2.19 bits per heavy atom. The number of nitrogens with zero attached hydrogens (tertiary/aromatic N) is 1. The zero-order valence-corrected chi connectivity index (χ0v) is 12.2. The van der Waals surface area contributed by atoms with E-state index >= 15 is 0 Å². The van der Waals surface area contributed by atoms with Gasteiger partial charge in [-0.2, -0.15) is 0 Å². The first-order valence-electron chi connectivity index (χ1n) is 5.17. The van der Waals surface area contributed by atoms with E-state index in [2.05, 4.69) is 34.8 Å². The van der Waals surface area contributed by atoms with E-state index < -0.39 is 0 Å². The SMILES string of the molecule is COc1ccc(Cl)cc1CN(C)C(C)CBr. The van der Waals surface area contributed by atoms with Crippen LogP contribution in [0.15, 0.2) is 18.2 Å². The molecule has 0 aliphatic carbocycles. The van der Waals surface area contributed by atoms with Gasteiger partial charge in [0.15, 0.2) is 0 Å². The Balaban J connectivity index is 2.82. The van der Waals surface area contributed by atoms with Crippen LogP contribution >= 0.6 is 27.5 Å². The van der Waals surface area contributed by atoms with E-state index in [4.69, 9.17) is 16.3 Å². The second-order valence-electron chi connectivity index (χ2n) is 3.87. The fourth-order valence-electron chi connectivity index (χ4n) is 1.41. The summed E-state index contributed by atoms with van der Waals surface area (Å²) in [5.74, 6) is 0.887. The average molecular weight is 307 g/mol. The molecule has 90 valence electrons. The van der Waals surface area contributed by atoms with Crippen molar-refractivity contribution in [1.29, 1.82) is 0 Å². The Morgan fingerprint density at radius 3 is 2.75 bits per heavy atom. The third kappa shape index (κ3) is 3.65. The predicted molar refractivity (Wildman–Crippen MR) is 72.7 cm³/mol. The van der Waals surface area contributed by atoms with Crippen LogP contribution in [0, 0.1) is 0 Å². The lowest BCUT2D eigenvalue weighted by Gasteiger charge is -2.23. The Labute approximate surface area is 111 Å². The van der Waals surface area contributed by atoms with E-state index in [0.717, 1.165) is 28.2 Å². The smallest absolute Gasteiger partial charge is 0.123 e. The number of alkyl halides is 1. The maximum absolute atomic E-state index is 5.99. The normalized spacial score (nSPS) is 12.9. The fraction of sp³-hybridized carbons (Fsp3) is 0.500. The van der Waals surface area contributed by atoms with Crippen molar-refractivity contribution in [2.75, 3.05) is 19.5 Å². The van der Waals surface area contributed by atoms with Gasteiger partial charge in [0.05, 0.1) is 7.11 Å². The first-order valence-corrected chi connectivity index (χ1v) is 6.67. The van der Waals surface area contributed by atoms with E-state index in [1.807, 2.05) is 18.2 Å². The zero-order valence-electron chi connectivity index (χ0n) is 9.84. The van der Waals surface area contributed by atoms with E-state index in [0.29, 0.717) is 6.04 Å². The van der Waals surface area contributed by atoms with Crippen molar-refractivity contribution >= 4 is 27.5 Å². The summed E-state index contributed by atoms with van der Waals surface area (Å²) in [4.78, 5) is 2.25. The highest BCUT2D eigenvalue weighted by Gasteiger charge is 2.11. The van der Waals surface area contributed by atoms with Crippen LogP contribution in [0.4, 0.5) is 0 Å². The van der Waals surface area contributed by atoms with Gasteiger partial charge in [0.25, 0.3) is 0 Å². The Morgan fingerprint density at radius 1 is 1.50 bits per heavy atom. The average Bonchev–Trinajstić information content (AvgIpc) is 2.28. The molecule has 0 aliphatic rings. The highest BCUT2D eigenvalue weighted by molar-refractivity contribution is 9.09. The van der Waals surface area contributed by atoms with Crippen LogP contribution in [0.3, 0.4) is 0 Å². The maximum Gasteiger partial charge on any atom is 0.123 e. The minimum absolute atomic E-state index is 0.476. The molecule has 1 aromatic carbocycles. The Kier molecular flexibility index (Phi) is 5.59. The van der Waals surface area contributed by atoms with Crippen molar-refractivity contribution in [1.82, 2.24) is 4.90 Å². The van der Waals surface area contributed by atoms with E-state index in [-0.39, 0.29) is 0 Å². The van der Waals surface area contributed by atoms with Gasteiger partial charge in [-0.1, -0.05) is 27.5 Å². The largest absolute Gasteiger partial charge is 0.496 e. The van der Waals surface area contributed by atoms with Crippen molar-refractivity contribution in [2.45, 2.75) is 19.5 Å². The minimum Gasteiger partial charge on any atom is -0.496 e. The highest BCUT2D eigenvalue weighted by Crippen LogP contribution is 2.24. The van der Waals surface area contributed by atoms with Crippen LogP contribution < -0.4 is 4.74 Å². The molecule has 0 amide bonds. The number of methoxy groups -OCH3 is 1. The van der Waals surface area contributed by atoms with Crippen molar-refractivity contribution in [3.8, 4) is 5.75 Å². The lowest BCUT2D eigenvalue weighted by Crippen LogP contribution is -2.29. The monoisotopic (exact) mass is 305 g/mol. The molecule has 0 radical (unpaired) electrons. The van der Waals surface area contributed by atoms with Crippen LogP contribution in [0.25, 0.3) is 0 Å². The molecule has 0 N–H and O–H groups in total. The lowest BCUT2D eigenvalue weighted by molar-refractivity contribution is 0.266. The van der Waals surface area contributed by atoms with Crippen LogP contribution in [-0.4, -0.2) is 30.4 Å². The summed E-state index contributed by atoms with van der Waals surface area (Å²) in [7, 11) is 3.77. The summed E-state index contributed by atoms with van der Waals surface area (Å²) >= 11 is 9.47. The highest BCUT2D eigenvalue weighted by atomic mass is 79.9. The fourth-order valence-corrected chi connectivity index (χ4v) is 2.10. The third-order valence-electron chi connectivity index (χ3n) is 2.64. The molecule has 0 heterocycles. The second kappa shape index (κ2) is 6.48. The van der Waals surface area contributed by atoms with E-state index in [9.17, 15) is 0 Å². The standard InChI is InChI=1S/C12H17BrClNO/c1-9(7-13)15(2)8-10-6-11(14)4-5-12(10)16-3/h4-6,9H,7-8H2,1-3H3. The first kappa shape index (κ1) is 13.8. The third-order valence-corrected chi connectivity index (χ3v) is 3.81. The van der Waals surface area contributed by atoms with Gasteiger partial charge >= 0.3 is 0 Å². The molecule has 1 atom stereocenters. The van der Waals surface area contributed by atoms with Gasteiger partial charge < -0.3 is 4.74 Å². The van der Waals surface area contributed by atoms with Gasteiger partial charge in [-0.25, -0.2) is 0 Å². The Bertz CT molecular complexity index is 346. The van der Waals surface area contributed by atoms with Crippen molar-refractivity contribution in [3.63, 3.8) is 0 Å². The summed E-state index contributed by atoms with van der Waals surface area (Å²) in [6.45, 7) is 3.00. The number of hydrogen-bond donors (Lipinski definition) is 0. The van der Waals surface area contributed by atoms with E-state index in [1.165, 1.54) is 0 Å². The number of rotatable bonds is 5. The van der Waals surface area contributed by atoms with E-state index in [1.54, 1.807) is 7.11 Å². The van der Waals surface area contributed by atoms with Crippen molar-refractivity contribution < 1.29 is 4.74 Å². The molecule has 0 aromatic heterocycles. The van der Waals surface area contributed by atoms with Gasteiger partial charge in [0, 0.05) is 28.5 Å². The number of halogens is 2. The van der Waals surface area contributed by atoms with Gasteiger partial charge in [0.1, 0.15) is 5.75 Å². The lowest BCUT2D eigenvalue weighted by atomic mass is 10.1. The molecule has 1 aromatic rings. The molecule has 0 bridgehead atoms. The molecule has 2 nitrogen and oxygen atoms in total. The van der Waals surface area contributed by atoms with Crippen LogP contribution in [-0.2, 0) is 6.54 Å². The number of benzene rings is 1. The molecule has 0 aliphatic heterocycles. The topological polar surface area (TPSA) is 12.5 Å². The van der Waals surface area contributed by atoms with Gasteiger partial charge in [-0.3, -0.25) is 4.90 Å². The molecule has 4 heteroatoms. The molecule has 0 saturated heterocycles. The summed E-state index contributed by atoms with van der Waals surface area (Å²) in [6.07, 6.45) is 0. The van der Waals surface area contributed by atoms with Gasteiger partial charge in [-0.05, 0) is 32.2 Å². The number of ether oxygens (including phenoxy) is 1. The van der Waals surface area contributed by atoms with Crippen LogP contribution in [0.5, 0.6) is 5.75 Å². The zero-order chi connectivity index (χ0) is 12.1. The predicted octanol–water partition coefficient (Wildman–Crippen LogP) is 3.56. The van der Waals surface area contributed by atoms with Crippen LogP contribution in [0.1, 0.15) is 12.5 Å². The van der Waals surface area contributed by atoms with Crippen molar-refractivity contribution in [3.05, 3.63) is 28.8 Å². The molecule has 16 heavy (non-hydrogen) atoms. The molecule has 1 unspecified atom stereocenters. The molecular weight excluding hydrogens is 289 g/mol. The first-order chi connectivity index (χ1) is 7.58. The van der Waals surface area contributed by atoms with Crippen LogP contribution in [0.2, 0.25) is 5.02 Å². The minimum atomic E-state index is 0.476. The maximum atomic E-state index is 5.99. The summed E-state index contributed by atoms with van der Waals surface area (Å²) in [5.41, 5.74) is 1.12. The summed E-state index contributed by atoms with van der Waals surface area (Å²) in [5, 5.41) is 1.70. The number of hydrogen-bond acceptors (Lipinski definition) is 2. The molecule has 1 rings (SSSR count). The summed E-state index contributed by atoms with van der Waals surface area (Å²) < 4.78 is 5.32. The quantitative estimate of drug-likeness (QED) is 0.771. The molecule has 0 saturated carbocycles. The second-order valence-corrected chi connectivity index (χ2v) is 4.96. The molecule has 0 fully saturated rings. The molecular formula is C12H17BrClNO. The van der Waals surface area contributed by atoms with Gasteiger partial charge in [0.2, 0.25) is 0 Å².